The first-order chi connectivity index (χ1) is 12.2. The average Bonchev–Trinajstić information content (AvgIpc) is 2.68. The molecule has 3 rings (SSSR count). The molecule has 0 bridgehead atoms. The number of benzene rings is 1. The number of para-hydroxylation sites is 1. The number of piperazine rings is 1. The first-order valence-electron chi connectivity index (χ1n) is 10.1. The predicted octanol–water partition coefficient (Wildman–Crippen LogP) is 3.28. The number of carbonyl (C=O) groups is 1. The van der Waals surface area contributed by atoms with E-state index in [0.717, 1.165) is 31.8 Å². The lowest BCUT2D eigenvalue weighted by atomic mass is 9.84. The third-order valence-electron chi connectivity index (χ3n) is 5.88. The molecule has 1 aliphatic heterocycles. The van der Waals surface area contributed by atoms with E-state index in [2.05, 4.69) is 45.4 Å². The molecule has 1 heterocycles. The number of anilines is 1. The van der Waals surface area contributed by atoms with Crippen molar-refractivity contribution in [1.29, 1.82) is 0 Å². The van der Waals surface area contributed by atoms with Crippen molar-refractivity contribution in [1.82, 2.24) is 10.2 Å². The van der Waals surface area contributed by atoms with Gasteiger partial charge in [0, 0.05) is 44.3 Å². The van der Waals surface area contributed by atoms with Gasteiger partial charge in [0.1, 0.15) is 0 Å². The molecule has 0 radical (unpaired) electrons. The Hall–Kier alpha value is -1.55. The predicted molar refractivity (Wildman–Crippen MR) is 104 cm³/mol. The number of hydrogen-bond donors (Lipinski definition) is 1. The molecule has 0 aromatic heterocycles. The van der Waals surface area contributed by atoms with Crippen molar-refractivity contribution in [2.75, 3.05) is 37.6 Å². The van der Waals surface area contributed by atoms with Crippen molar-refractivity contribution >= 4 is 11.6 Å². The minimum Gasteiger partial charge on any atom is -0.369 e. The van der Waals surface area contributed by atoms with Crippen LogP contribution in [-0.4, -0.2) is 49.6 Å². The van der Waals surface area contributed by atoms with Crippen LogP contribution in [0.3, 0.4) is 0 Å². The average molecular weight is 344 g/mol. The topological polar surface area (TPSA) is 35.6 Å². The molecular weight excluding hydrogens is 310 g/mol. The summed E-state index contributed by atoms with van der Waals surface area (Å²) in [4.78, 5) is 16.6. The zero-order valence-electron chi connectivity index (χ0n) is 15.6. The summed E-state index contributed by atoms with van der Waals surface area (Å²) in [5.74, 6) is 1.06. The van der Waals surface area contributed by atoms with E-state index >= 15 is 0 Å². The quantitative estimate of drug-likeness (QED) is 0.861. The monoisotopic (exact) mass is 343 g/mol. The zero-order chi connectivity index (χ0) is 17.5. The maximum atomic E-state index is 11.5. The molecule has 1 amide bonds. The van der Waals surface area contributed by atoms with Crippen molar-refractivity contribution in [3.63, 3.8) is 0 Å². The van der Waals surface area contributed by atoms with E-state index in [1.165, 1.54) is 44.6 Å². The highest BCUT2D eigenvalue weighted by atomic mass is 16.1. The summed E-state index contributed by atoms with van der Waals surface area (Å²) < 4.78 is 0. The van der Waals surface area contributed by atoms with Gasteiger partial charge in [-0.1, -0.05) is 25.1 Å². The van der Waals surface area contributed by atoms with Crippen LogP contribution in [0.4, 0.5) is 5.69 Å². The molecule has 25 heavy (non-hydrogen) atoms. The summed E-state index contributed by atoms with van der Waals surface area (Å²) in [5.41, 5.74) is 1.36. The summed E-state index contributed by atoms with van der Waals surface area (Å²) in [5, 5.41) is 3.16. The lowest BCUT2D eigenvalue weighted by Crippen LogP contribution is -2.47. The molecule has 0 atom stereocenters. The highest BCUT2D eigenvalue weighted by Gasteiger charge is 2.23. The van der Waals surface area contributed by atoms with Crippen LogP contribution in [0.5, 0.6) is 0 Å². The Bertz CT molecular complexity index is 517. The number of hydrogen-bond acceptors (Lipinski definition) is 3. The summed E-state index contributed by atoms with van der Waals surface area (Å²) in [6.45, 7) is 7.80. The summed E-state index contributed by atoms with van der Waals surface area (Å²) in [6.07, 6.45) is 6.81. The Morgan fingerprint density at radius 1 is 1.04 bits per heavy atom. The van der Waals surface area contributed by atoms with E-state index in [4.69, 9.17) is 0 Å². The highest BCUT2D eigenvalue weighted by Crippen LogP contribution is 2.27. The smallest absolute Gasteiger partial charge is 0.219 e. The largest absolute Gasteiger partial charge is 0.369 e. The molecule has 2 aliphatic rings. The standard InChI is InChI=1S/C21H33N3O/c1-2-21(25)22-19-10-8-18(9-11-19)12-13-23-14-16-24(17-15-23)20-6-4-3-5-7-20/h3-7,18-19H,2,8-17H2,1H3,(H,22,25). The van der Waals surface area contributed by atoms with Crippen LogP contribution < -0.4 is 10.2 Å². The van der Waals surface area contributed by atoms with Gasteiger partial charge in [-0.2, -0.15) is 0 Å². The van der Waals surface area contributed by atoms with Crippen LogP contribution >= 0.6 is 0 Å². The van der Waals surface area contributed by atoms with Crippen LogP contribution in [0.25, 0.3) is 0 Å². The van der Waals surface area contributed by atoms with Crippen molar-refractivity contribution < 1.29 is 4.79 Å². The number of nitrogens with zero attached hydrogens (tertiary/aromatic N) is 2. The maximum absolute atomic E-state index is 11.5. The molecule has 4 heteroatoms. The molecule has 1 saturated carbocycles. The Morgan fingerprint density at radius 3 is 2.36 bits per heavy atom. The SMILES string of the molecule is CCC(=O)NC1CCC(CCN2CCN(c3ccccc3)CC2)CC1. The molecule has 1 saturated heterocycles. The molecular formula is C21H33N3O. The number of amides is 1. The van der Waals surface area contributed by atoms with Gasteiger partial charge in [-0.15, -0.1) is 0 Å². The van der Waals surface area contributed by atoms with Crippen LogP contribution in [0.2, 0.25) is 0 Å². The van der Waals surface area contributed by atoms with Gasteiger partial charge in [-0.05, 0) is 56.7 Å². The first-order valence-corrected chi connectivity index (χ1v) is 10.1. The van der Waals surface area contributed by atoms with E-state index in [9.17, 15) is 4.79 Å². The summed E-state index contributed by atoms with van der Waals surface area (Å²) in [6, 6.07) is 11.2. The van der Waals surface area contributed by atoms with Gasteiger partial charge in [-0.3, -0.25) is 9.69 Å². The Morgan fingerprint density at radius 2 is 1.72 bits per heavy atom. The first kappa shape index (κ1) is 18.2. The van der Waals surface area contributed by atoms with Crippen LogP contribution in [0, 0.1) is 5.92 Å². The van der Waals surface area contributed by atoms with Crippen LogP contribution in [-0.2, 0) is 4.79 Å². The maximum Gasteiger partial charge on any atom is 0.219 e. The van der Waals surface area contributed by atoms with Gasteiger partial charge >= 0.3 is 0 Å². The molecule has 0 spiro atoms. The lowest BCUT2D eigenvalue weighted by Gasteiger charge is -2.37. The fourth-order valence-corrected chi connectivity index (χ4v) is 4.16. The molecule has 4 nitrogen and oxygen atoms in total. The van der Waals surface area contributed by atoms with E-state index in [1.807, 2.05) is 6.92 Å². The highest BCUT2D eigenvalue weighted by molar-refractivity contribution is 5.75. The minimum absolute atomic E-state index is 0.208. The van der Waals surface area contributed by atoms with Gasteiger partial charge in [0.05, 0.1) is 0 Å². The molecule has 0 unspecified atom stereocenters. The summed E-state index contributed by atoms with van der Waals surface area (Å²) >= 11 is 0. The molecule has 138 valence electrons. The zero-order valence-corrected chi connectivity index (χ0v) is 15.6. The van der Waals surface area contributed by atoms with Crippen molar-refractivity contribution in [2.45, 2.75) is 51.5 Å². The van der Waals surface area contributed by atoms with Gasteiger partial charge in [0.25, 0.3) is 0 Å². The second-order valence-electron chi connectivity index (χ2n) is 7.59. The van der Waals surface area contributed by atoms with Crippen molar-refractivity contribution in [2.24, 2.45) is 5.92 Å². The lowest BCUT2D eigenvalue weighted by molar-refractivity contribution is -0.121. The molecule has 1 aliphatic carbocycles. The Kier molecular flexibility index (Phi) is 6.74. The van der Waals surface area contributed by atoms with Gasteiger partial charge in [0.2, 0.25) is 5.91 Å². The van der Waals surface area contributed by atoms with E-state index < -0.39 is 0 Å². The van der Waals surface area contributed by atoms with Crippen molar-refractivity contribution in [3.05, 3.63) is 30.3 Å². The van der Waals surface area contributed by atoms with E-state index in [0.29, 0.717) is 12.5 Å². The van der Waals surface area contributed by atoms with Crippen LogP contribution in [0.1, 0.15) is 45.4 Å². The fraction of sp³-hybridized carbons (Fsp3) is 0.667. The van der Waals surface area contributed by atoms with E-state index in [1.54, 1.807) is 0 Å². The molecule has 1 aromatic carbocycles. The third kappa shape index (κ3) is 5.46. The molecule has 1 aromatic rings. The van der Waals surface area contributed by atoms with E-state index in [-0.39, 0.29) is 5.91 Å². The second kappa shape index (κ2) is 9.23. The van der Waals surface area contributed by atoms with Gasteiger partial charge in [-0.25, -0.2) is 0 Å². The third-order valence-corrected chi connectivity index (χ3v) is 5.88. The summed E-state index contributed by atoms with van der Waals surface area (Å²) in [7, 11) is 0. The van der Waals surface area contributed by atoms with Crippen molar-refractivity contribution in [3.8, 4) is 0 Å². The molecule has 2 fully saturated rings. The van der Waals surface area contributed by atoms with Crippen LogP contribution in [0.15, 0.2) is 30.3 Å². The number of carbonyl (C=O) groups excluding carboxylic acids is 1. The number of nitrogens with one attached hydrogen (secondary N) is 1. The Balaban J connectivity index is 1.32. The number of rotatable bonds is 6. The Labute approximate surface area is 152 Å². The normalized spacial score (nSPS) is 24.9. The van der Waals surface area contributed by atoms with Gasteiger partial charge < -0.3 is 10.2 Å². The van der Waals surface area contributed by atoms with Gasteiger partial charge in [0.15, 0.2) is 0 Å². The minimum atomic E-state index is 0.208. The fourth-order valence-electron chi connectivity index (χ4n) is 4.16. The molecule has 1 N–H and O–H groups in total. The second-order valence-corrected chi connectivity index (χ2v) is 7.59.